The largest absolute Gasteiger partial charge is 0.493 e. The molecular formula is C23H25NO3. The summed E-state index contributed by atoms with van der Waals surface area (Å²) in [6, 6.07) is 18.8. The van der Waals surface area contributed by atoms with Gasteiger partial charge in [-0.3, -0.25) is 4.90 Å². The van der Waals surface area contributed by atoms with Crippen LogP contribution in [0.4, 0.5) is 0 Å². The van der Waals surface area contributed by atoms with Crippen LogP contribution in [0.3, 0.4) is 0 Å². The third-order valence-corrected chi connectivity index (χ3v) is 5.21. The summed E-state index contributed by atoms with van der Waals surface area (Å²) < 4.78 is 17.0. The molecule has 0 amide bonds. The summed E-state index contributed by atoms with van der Waals surface area (Å²) in [6.07, 6.45) is 1.02. The molecule has 0 saturated carbocycles. The van der Waals surface area contributed by atoms with E-state index >= 15 is 0 Å². The highest BCUT2D eigenvalue weighted by molar-refractivity contribution is 5.88. The Labute approximate surface area is 160 Å². The molecule has 140 valence electrons. The van der Waals surface area contributed by atoms with Gasteiger partial charge in [0.25, 0.3) is 0 Å². The third-order valence-electron chi connectivity index (χ3n) is 5.21. The maximum atomic E-state index is 6.11. The maximum Gasteiger partial charge on any atom is 0.161 e. The standard InChI is InChI=1S/C23H25NO3/c1-25-22-14-18-10-11-24(16-19(18)15-23(22)26-2)12-13-27-21-9-5-7-17-6-3-4-8-20(17)21/h3-9,14-15H,10-13,16H2,1-2H3. The molecule has 0 spiro atoms. The van der Waals surface area contributed by atoms with Crippen LogP contribution in [-0.4, -0.2) is 38.8 Å². The van der Waals surface area contributed by atoms with Gasteiger partial charge in [-0.15, -0.1) is 0 Å². The smallest absolute Gasteiger partial charge is 0.161 e. The van der Waals surface area contributed by atoms with Crippen molar-refractivity contribution in [1.29, 1.82) is 0 Å². The van der Waals surface area contributed by atoms with Crippen LogP contribution in [0.25, 0.3) is 10.8 Å². The Kier molecular flexibility index (Phi) is 5.16. The summed E-state index contributed by atoms with van der Waals surface area (Å²) >= 11 is 0. The molecule has 1 aliphatic rings. The first-order chi connectivity index (χ1) is 13.3. The van der Waals surface area contributed by atoms with Crippen molar-refractivity contribution in [1.82, 2.24) is 4.90 Å². The van der Waals surface area contributed by atoms with Crippen molar-refractivity contribution in [3.05, 3.63) is 65.7 Å². The molecule has 0 atom stereocenters. The van der Waals surface area contributed by atoms with Gasteiger partial charge in [0.05, 0.1) is 14.2 Å². The first-order valence-corrected chi connectivity index (χ1v) is 9.35. The number of fused-ring (bicyclic) bond motifs is 2. The number of rotatable bonds is 6. The predicted molar refractivity (Wildman–Crippen MR) is 108 cm³/mol. The second kappa shape index (κ2) is 7.89. The van der Waals surface area contributed by atoms with Gasteiger partial charge >= 0.3 is 0 Å². The lowest BCUT2D eigenvalue weighted by Crippen LogP contribution is -2.33. The Morgan fingerprint density at radius 2 is 1.59 bits per heavy atom. The SMILES string of the molecule is COc1cc2c(cc1OC)CN(CCOc1cccc3ccccc13)CC2. The Morgan fingerprint density at radius 1 is 0.852 bits per heavy atom. The van der Waals surface area contributed by atoms with Crippen molar-refractivity contribution >= 4 is 10.8 Å². The minimum Gasteiger partial charge on any atom is -0.493 e. The number of benzene rings is 3. The molecule has 0 aliphatic carbocycles. The van der Waals surface area contributed by atoms with E-state index in [1.54, 1.807) is 14.2 Å². The van der Waals surface area contributed by atoms with Crippen LogP contribution >= 0.6 is 0 Å². The van der Waals surface area contributed by atoms with E-state index < -0.39 is 0 Å². The molecule has 1 aliphatic heterocycles. The number of hydrogen-bond acceptors (Lipinski definition) is 4. The second-order valence-electron chi connectivity index (χ2n) is 6.83. The molecule has 3 aromatic rings. The average Bonchev–Trinajstić information content (AvgIpc) is 2.72. The first kappa shape index (κ1) is 17.7. The molecule has 0 aromatic heterocycles. The normalized spacial score (nSPS) is 14.0. The summed E-state index contributed by atoms with van der Waals surface area (Å²) in [6.45, 7) is 3.52. The van der Waals surface area contributed by atoms with Gasteiger partial charge in [0, 0.05) is 25.0 Å². The molecule has 4 heteroatoms. The van der Waals surface area contributed by atoms with Crippen LogP contribution < -0.4 is 14.2 Å². The van der Waals surface area contributed by atoms with E-state index in [9.17, 15) is 0 Å². The third kappa shape index (κ3) is 3.71. The first-order valence-electron chi connectivity index (χ1n) is 9.35. The number of methoxy groups -OCH3 is 2. The molecule has 0 radical (unpaired) electrons. The lowest BCUT2D eigenvalue weighted by molar-refractivity contribution is 0.197. The van der Waals surface area contributed by atoms with E-state index in [-0.39, 0.29) is 0 Å². The predicted octanol–water partition coefficient (Wildman–Crippen LogP) is 4.29. The van der Waals surface area contributed by atoms with Crippen LogP contribution in [0.2, 0.25) is 0 Å². The van der Waals surface area contributed by atoms with Gasteiger partial charge in [0.15, 0.2) is 11.5 Å². The van der Waals surface area contributed by atoms with Crippen LogP contribution in [0.1, 0.15) is 11.1 Å². The summed E-state index contributed by atoms with van der Waals surface area (Å²) in [4.78, 5) is 2.43. The summed E-state index contributed by atoms with van der Waals surface area (Å²) in [5.74, 6) is 2.56. The molecule has 0 bridgehead atoms. The zero-order valence-electron chi connectivity index (χ0n) is 15.9. The highest BCUT2D eigenvalue weighted by atomic mass is 16.5. The van der Waals surface area contributed by atoms with Crippen molar-refractivity contribution < 1.29 is 14.2 Å². The minimum absolute atomic E-state index is 0.677. The lowest BCUT2D eigenvalue weighted by Gasteiger charge is -2.29. The van der Waals surface area contributed by atoms with Crippen molar-refractivity contribution in [2.24, 2.45) is 0 Å². The molecule has 27 heavy (non-hydrogen) atoms. The molecule has 1 heterocycles. The topological polar surface area (TPSA) is 30.9 Å². The zero-order chi connectivity index (χ0) is 18.6. The number of hydrogen-bond donors (Lipinski definition) is 0. The van der Waals surface area contributed by atoms with Crippen molar-refractivity contribution in [2.75, 3.05) is 33.9 Å². The molecular weight excluding hydrogens is 338 g/mol. The van der Waals surface area contributed by atoms with Gasteiger partial charge in [0.1, 0.15) is 12.4 Å². The van der Waals surface area contributed by atoms with E-state index in [2.05, 4.69) is 53.4 Å². The maximum absolute atomic E-state index is 6.11. The van der Waals surface area contributed by atoms with E-state index in [0.29, 0.717) is 6.61 Å². The highest BCUT2D eigenvalue weighted by Gasteiger charge is 2.19. The average molecular weight is 363 g/mol. The van der Waals surface area contributed by atoms with Gasteiger partial charge in [0.2, 0.25) is 0 Å². The fraction of sp³-hybridized carbons (Fsp3) is 0.304. The van der Waals surface area contributed by atoms with E-state index in [1.165, 1.54) is 21.9 Å². The molecule has 3 aromatic carbocycles. The molecule has 4 nitrogen and oxygen atoms in total. The quantitative estimate of drug-likeness (QED) is 0.654. The minimum atomic E-state index is 0.677. The van der Waals surface area contributed by atoms with Gasteiger partial charge in [-0.05, 0) is 41.1 Å². The lowest BCUT2D eigenvalue weighted by atomic mass is 9.99. The van der Waals surface area contributed by atoms with Crippen molar-refractivity contribution in [3.63, 3.8) is 0 Å². The highest BCUT2D eigenvalue weighted by Crippen LogP contribution is 2.33. The van der Waals surface area contributed by atoms with E-state index in [0.717, 1.165) is 43.3 Å². The molecule has 0 saturated heterocycles. The molecule has 0 fully saturated rings. The van der Waals surface area contributed by atoms with Gasteiger partial charge in [-0.2, -0.15) is 0 Å². The van der Waals surface area contributed by atoms with Crippen LogP contribution in [0.5, 0.6) is 17.2 Å². The number of nitrogens with zero attached hydrogens (tertiary/aromatic N) is 1. The Bertz CT molecular complexity index is 933. The fourth-order valence-corrected chi connectivity index (χ4v) is 3.74. The summed E-state index contributed by atoms with van der Waals surface area (Å²) in [5.41, 5.74) is 2.66. The van der Waals surface area contributed by atoms with Crippen LogP contribution in [0.15, 0.2) is 54.6 Å². The molecule has 0 unspecified atom stereocenters. The Hall–Kier alpha value is -2.72. The Morgan fingerprint density at radius 3 is 2.41 bits per heavy atom. The molecule has 4 rings (SSSR count). The summed E-state index contributed by atoms with van der Waals surface area (Å²) in [5, 5.41) is 2.38. The van der Waals surface area contributed by atoms with Crippen molar-refractivity contribution in [2.45, 2.75) is 13.0 Å². The Balaban J connectivity index is 1.40. The fourth-order valence-electron chi connectivity index (χ4n) is 3.74. The summed E-state index contributed by atoms with van der Waals surface area (Å²) in [7, 11) is 3.37. The van der Waals surface area contributed by atoms with Crippen LogP contribution in [0, 0.1) is 0 Å². The van der Waals surface area contributed by atoms with Gasteiger partial charge < -0.3 is 14.2 Å². The monoisotopic (exact) mass is 363 g/mol. The number of ether oxygens (including phenoxy) is 3. The van der Waals surface area contributed by atoms with Gasteiger partial charge in [-0.25, -0.2) is 0 Å². The zero-order valence-corrected chi connectivity index (χ0v) is 15.9. The van der Waals surface area contributed by atoms with Crippen LogP contribution in [-0.2, 0) is 13.0 Å². The molecule has 0 N–H and O–H groups in total. The van der Waals surface area contributed by atoms with E-state index in [4.69, 9.17) is 14.2 Å². The van der Waals surface area contributed by atoms with E-state index in [1.807, 2.05) is 6.07 Å². The second-order valence-corrected chi connectivity index (χ2v) is 6.83. The van der Waals surface area contributed by atoms with Crippen molar-refractivity contribution in [3.8, 4) is 17.2 Å². The van der Waals surface area contributed by atoms with Gasteiger partial charge in [-0.1, -0.05) is 36.4 Å².